The second kappa shape index (κ2) is 7.37. The van der Waals surface area contributed by atoms with Gasteiger partial charge in [-0.2, -0.15) is 0 Å². The van der Waals surface area contributed by atoms with Crippen LogP contribution >= 0.6 is 12.6 Å². The van der Waals surface area contributed by atoms with Gasteiger partial charge in [0.2, 0.25) is 5.75 Å². The number of nitro groups is 1. The molecule has 0 heterocycles. The van der Waals surface area contributed by atoms with Gasteiger partial charge in [-0.15, -0.1) is 12.6 Å². The molecule has 0 unspecified atom stereocenters. The molecule has 2 rings (SSSR count). The normalized spacial score (nSPS) is 10.4. The zero-order valence-corrected chi connectivity index (χ0v) is 14.2. The molecule has 0 fully saturated rings. The Morgan fingerprint density at radius 3 is 2.26 bits per heavy atom. The predicted octanol–water partition coefficient (Wildman–Crippen LogP) is 4.66. The van der Waals surface area contributed by atoms with Crippen LogP contribution in [0.3, 0.4) is 0 Å². The summed E-state index contributed by atoms with van der Waals surface area (Å²) in [6.45, 7) is 6.32. The first-order valence-electron chi connectivity index (χ1n) is 7.36. The summed E-state index contributed by atoms with van der Waals surface area (Å²) in [4.78, 5) is 11.3. The lowest BCUT2D eigenvalue weighted by atomic mass is 10.0. The predicted molar refractivity (Wildman–Crippen MR) is 92.9 cm³/mol. The molecule has 0 radical (unpaired) electrons. The van der Waals surface area contributed by atoms with Gasteiger partial charge in [0.15, 0.2) is 0 Å². The first-order valence-corrected chi connectivity index (χ1v) is 7.81. The molecule has 0 spiro atoms. The fourth-order valence-electron chi connectivity index (χ4n) is 2.30. The summed E-state index contributed by atoms with van der Waals surface area (Å²) < 4.78 is 11.1. The number of nitro benzene ring substituents is 1. The summed E-state index contributed by atoms with van der Waals surface area (Å²) in [6, 6.07) is 9.23. The monoisotopic (exact) mass is 333 g/mol. The molecular weight excluding hydrogens is 314 g/mol. The first kappa shape index (κ1) is 17.1. The van der Waals surface area contributed by atoms with E-state index in [4.69, 9.17) is 9.47 Å². The van der Waals surface area contributed by atoms with Crippen molar-refractivity contribution in [2.75, 3.05) is 13.2 Å². The van der Waals surface area contributed by atoms with Crippen LogP contribution in [0.4, 0.5) is 5.69 Å². The van der Waals surface area contributed by atoms with Crippen molar-refractivity contribution in [3.05, 3.63) is 46.0 Å². The van der Waals surface area contributed by atoms with E-state index in [1.165, 1.54) is 6.07 Å². The molecule has 0 N–H and O–H groups in total. The fourth-order valence-corrected chi connectivity index (χ4v) is 2.72. The van der Waals surface area contributed by atoms with Crippen molar-refractivity contribution in [2.24, 2.45) is 0 Å². The average Bonchev–Trinajstić information content (AvgIpc) is 2.51. The number of rotatable bonds is 6. The van der Waals surface area contributed by atoms with Gasteiger partial charge in [0.25, 0.3) is 0 Å². The number of nitrogens with zero attached hydrogens (tertiary/aromatic N) is 1. The largest absolute Gasteiger partial charge is 0.493 e. The Labute approximate surface area is 140 Å². The maximum Gasteiger partial charge on any atom is 0.315 e. The van der Waals surface area contributed by atoms with Crippen LogP contribution in [0.1, 0.15) is 19.4 Å². The Morgan fingerprint density at radius 1 is 1.13 bits per heavy atom. The Hall–Kier alpha value is -2.21. The first-order chi connectivity index (χ1) is 11.0. The van der Waals surface area contributed by atoms with Crippen LogP contribution in [0.15, 0.2) is 35.2 Å². The highest BCUT2D eigenvalue weighted by Crippen LogP contribution is 2.46. The van der Waals surface area contributed by atoms with Crippen LogP contribution in [-0.4, -0.2) is 18.1 Å². The van der Waals surface area contributed by atoms with Crippen molar-refractivity contribution in [2.45, 2.75) is 25.7 Å². The van der Waals surface area contributed by atoms with E-state index in [0.29, 0.717) is 29.4 Å². The van der Waals surface area contributed by atoms with Crippen molar-refractivity contribution in [1.29, 1.82) is 0 Å². The molecule has 0 aromatic heterocycles. The van der Waals surface area contributed by atoms with Crippen molar-refractivity contribution in [3.8, 4) is 22.6 Å². The Morgan fingerprint density at radius 2 is 1.74 bits per heavy atom. The standard InChI is InChI=1S/C17H19NO4S/c1-4-21-14-10-13(18(19)20)16(22-5-2)17(23)15(14)12-8-6-11(3)7-9-12/h6-10,23H,4-5H2,1-3H3. The number of hydrogen-bond donors (Lipinski definition) is 1. The van der Waals surface area contributed by atoms with Crippen molar-refractivity contribution >= 4 is 18.3 Å². The van der Waals surface area contributed by atoms with E-state index in [-0.39, 0.29) is 11.4 Å². The van der Waals surface area contributed by atoms with Gasteiger partial charge < -0.3 is 9.47 Å². The topological polar surface area (TPSA) is 61.6 Å². The van der Waals surface area contributed by atoms with Crippen LogP contribution in [0.5, 0.6) is 11.5 Å². The highest BCUT2D eigenvalue weighted by atomic mass is 32.1. The van der Waals surface area contributed by atoms with Gasteiger partial charge in [-0.3, -0.25) is 10.1 Å². The summed E-state index contributed by atoms with van der Waals surface area (Å²) in [6.07, 6.45) is 0. The molecule has 0 saturated carbocycles. The van der Waals surface area contributed by atoms with Crippen LogP contribution in [-0.2, 0) is 0 Å². The molecule has 6 heteroatoms. The zero-order chi connectivity index (χ0) is 17.0. The van der Waals surface area contributed by atoms with Gasteiger partial charge in [0.1, 0.15) is 5.75 Å². The van der Waals surface area contributed by atoms with Crippen LogP contribution < -0.4 is 9.47 Å². The molecule has 5 nitrogen and oxygen atoms in total. The molecule has 2 aromatic rings. The summed E-state index contributed by atoms with van der Waals surface area (Å²) in [5.74, 6) is 0.594. The lowest BCUT2D eigenvalue weighted by Gasteiger charge is -2.16. The van der Waals surface area contributed by atoms with Crippen molar-refractivity contribution in [1.82, 2.24) is 0 Å². The van der Waals surface area contributed by atoms with Crippen LogP contribution in [0, 0.1) is 17.0 Å². The van der Waals surface area contributed by atoms with Gasteiger partial charge in [0, 0.05) is 5.56 Å². The highest BCUT2D eigenvalue weighted by molar-refractivity contribution is 7.80. The van der Waals surface area contributed by atoms with Crippen molar-refractivity contribution in [3.63, 3.8) is 0 Å². The number of aryl methyl sites for hydroxylation is 1. The third-order valence-corrected chi connectivity index (χ3v) is 3.75. The van der Waals surface area contributed by atoms with E-state index in [9.17, 15) is 10.1 Å². The lowest BCUT2D eigenvalue weighted by molar-refractivity contribution is -0.386. The van der Waals surface area contributed by atoms with Crippen molar-refractivity contribution < 1.29 is 14.4 Å². The van der Waals surface area contributed by atoms with Gasteiger partial charge in [-0.05, 0) is 26.3 Å². The third-order valence-electron chi connectivity index (χ3n) is 3.32. The molecular formula is C17H19NO4S. The minimum absolute atomic E-state index is 0.142. The molecule has 23 heavy (non-hydrogen) atoms. The Kier molecular flexibility index (Phi) is 5.50. The zero-order valence-electron chi connectivity index (χ0n) is 13.3. The smallest absolute Gasteiger partial charge is 0.315 e. The van der Waals surface area contributed by atoms with Crippen LogP contribution in [0.2, 0.25) is 0 Å². The summed E-state index contributed by atoms with van der Waals surface area (Å²) >= 11 is 4.50. The van der Waals surface area contributed by atoms with E-state index in [1.807, 2.05) is 38.1 Å². The molecule has 0 amide bonds. The fraction of sp³-hybridized carbons (Fsp3) is 0.294. The van der Waals surface area contributed by atoms with Gasteiger partial charge in [0.05, 0.1) is 29.1 Å². The second-order valence-electron chi connectivity index (χ2n) is 4.94. The van der Waals surface area contributed by atoms with Gasteiger partial charge >= 0.3 is 5.69 Å². The molecule has 0 aliphatic rings. The van der Waals surface area contributed by atoms with E-state index < -0.39 is 4.92 Å². The molecule has 0 aliphatic heterocycles. The maximum absolute atomic E-state index is 11.3. The molecule has 122 valence electrons. The Bertz CT molecular complexity index is 714. The summed E-state index contributed by atoms with van der Waals surface area (Å²) in [7, 11) is 0. The van der Waals surface area contributed by atoms with E-state index >= 15 is 0 Å². The van der Waals surface area contributed by atoms with Gasteiger partial charge in [-0.25, -0.2) is 0 Å². The average molecular weight is 333 g/mol. The third kappa shape index (κ3) is 3.59. The lowest BCUT2D eigenvalue weighted by Crippen LogP contribution is -2.03. The minimum atomic E-state index is -0.480. The number of hydrogen-bond acceptors (Lipinski definition) is 5. The molecule has 0 aliphatic carbocycles. The highest BCUT2D eigenvalue weighted by Gasteiger charge is 2.26. The number of ether oxygens (including phenoxy) is 2. The maximum atomic E-state index is 11.3. The van der Waals surface area contributed by atoms with E-state index in [0.717, 1.165) is 11.1 Å². The Balaban J connectivity index is 2.74. The molecule has 0 atom stereocenters. The van der Waals surface area contributed by atoms with Crippen LogP contribution in [0.25, 0.3) is 11.1 Å². The quantitative estimate of drug-likeness (QED) is 0.474. The SMILES string of the molecule is CCOc1cc([N+](=O)[O-])c(OCC)c(S)c1-c1ccc(C)cc1. The molecule has 0 bridgehead atoms. The van der Waals surface area contributed by atoms with E-state index in [1.54, 1.807) is 6.92 Å². The number of thiol groups is 1. The second-order valence-corrected chi connectivity index (χ2v) is 5.38. The summed E-state index contributed by atoms with van der Waals surface area (Å²) in [5.41, 5.74) is 2.56. The minimum Gasteiger partial charge on any atom is -0.493 e. The number of benzene rings is 2. The van der Waals surface area contributed by atoms with Gasteiger partial charge in [-0.1, -0.05) is 29.8 Å². The molecule has 0 saturated heterocycles. The summed E-state index contributed by atoms with van der Waals surface area (Å²) in [5, 5.41) is 11.3. The van der Waals surface area contributed by atoms with E-state index in [2.05, 4.69) is 12.6 Å². The molecule has 2 aromatic carbocycles.